The van der Waals surface area contributed by atoms with Crippen LogP contribution in [-0.2, 0) is 29.1 Å². The number of ether oxygens (including phenoxy) is 2. The third-order valence-electron chi connectivity index (χ3n) is 2.59. The maximum atomic E-state index is 12.2. The molecule has 0 aliphatic heterocycles. The highest BCUT2D eigenvalue weighted by Gasteiger charge is 2.24. The molecule has 23 heavy (non-hydrogen) atoms. The number of benzene rings is 1. The normalized spacial score (nSPS) is 11.6. The van der Waals surface area contributed by atoms with E-state index in [9.17, 15) is 18.0 Å². The van der Waals surface area contributed by atoms with Crippen LogP contribution in [-0.4, -0.2) is 51.0 Å². The van der Waals surface area contributed by atoms with Gasteiger partial charge in [-0.25, -0.2) is 13.2 Å². The highest BCUT2D eigenvalue weighted by Crippen LogP contribution is 2.17. The molecular weight excluding hydrogens is 346 g/mol. The van der Waals surface area contributed by atoms with Crippen LogP contribution in [0.25, 0.3) is 0 Å². The van der Waals surface area contributed by atoms with Gasteiger partial charge in [0.05, 0.1) is 11.0 Å². The van der Waals surface area contributed by atoms with E-state index in [0.29, 0.717) is 5.02 Å². The average Bonchev–Trinajstić information content (AvgIpc) is 2.44. The van der Waals surface area contributed by atoms with Gasteiger partial charge in [0.1, 0.15) is 6.54 Å². The predicted octanol–water partition coefficient (Wildman–Crippen LogP) is 1.46. The van der Waals surface area contributed by atoms with Gasteiger partial charge >= 0.3 is 11.9 Å². The summed E-state index contributed by atoms with van der Waals surface area (Å²) in [5, 5.41) is 0.398. The molecule has 0 aromatic heterocycles. The van der Waals surface area contributed by atoms with Crippen molar-refractivity contribution in [2.24, 2.45) is 0 Å². The van der Waals surface area contributed by atoms with Crippen LogP contribution in [0, 0.1) is 0 Å². The number of nitrogens with zero attached hydrogens (tertiary/aromatic N) is 1. The molecule has 1 rings (SSSR count). The molecule has 0 fully saturated rings. The predicted molar refractivity (Wildman–Crippen MR) is 83.5 cm³/mol. The summed E-state index contributed by atoms with van der Waals surface area (Å²) in [6, 6.07) is 5.53. The molecule has 9 heteroatoms. The maximum absolute atomic E-state index is 12.2. The first-order chi connectivity index (χ1) is 10.6. The molecule has 0 aliphatic rings. The van der Waals surface area contributed by atoms with Crippen LogP contribution in [0.2, 0.25) is 5.02 Å². The molecule has 1 aromatic carbocycles. The van der Waals surface area contributed by atoms with Gasteiger partial charge in [-0.15, -0.1) is 0 Å². The zero-order valence-corrected chi connectivity index (χ0v) is 14.6. The lowest BCUT2D eigenvalue weighted by Gasteiger charge is -2.16. The van der Waals surface area contributed by atoms with Gasteiger partial charge in [0, 0.05) is 12.1 Å². The van der Waals surface area contributed by atoms with Gasteiger partial charge < -0.3 is 9.47 Å². The molecule has 0 unspecified atom stereocenters. The fraction of sp³-hybridized carbons (Fsp3) is 0.429. The van der Waals surface area contributed by atoms with Crippen LogP contribution < -0.4 is 0 Å². The molecular formula is C14H18ClNO6S. The van der Waals surface area contributed by atoms with Gasteiger partial charge in [-0.3, -0.25) is 4.79 Å². The molecule has 0 amide bonds. The van der Waals surface area contributed by atoms with E-state index in [4.69, 9.17) is 16.3 Å². The van der Waals surface area contributed by atoms with Crippen molar-refractivity contribution in [3.05, 3.63) is 29.3 Å². The molecule has 0 aliphatic carbocycles. The SMILES string of the molecule is CC(C)OC(=O)COC(=O)CN(C)S(=O)(=O)c1ccc(Cl)cc1. The minimum absolute atomic E-state index is 0.00332. The second kappa shape index (κ2) is 8.28. The number of rotatable bonds is 7. The monoisotopic (exact) mass is 363 g/mol. The molecule has 128 valence electrons. The summed E-state index contributed by atoms with van der Waals surface area (Å²) in [5.41, 5.74) is 0. The molecule has 1 aromatic rings. The van der Waals surface area contributed by atoms with E-state index in [1.807, 2.05) is 0 Å². The van der Waals surface area contributed by atoms with Crippen LogP contribution in [0.1, 0.15) is 13.8 Å². The van der Waals surface area contributed by atoms with E-state index in [-0.39, 0.29) is 11.0 Å². The second-order valence-corrected chi connectivity index (χ2v) is 7.40. The third kappa shape index (κ3) is 6.17. The Hall–Kier alpha value is -1.64. The molecule has 0 atom stereocenters. The number of sulfonamides is 1. The number of carbonyl (C=O) groups is 2. The molecule has 0 spiro atoms. The van der Waals surface area contributed by atoms with Crippen molar-refractivity contribution in [3.8, 4) is 0 Å². The smallest absolute Gasteiger partial charge is 0.344 e. The highest BCUT2D eigenvalue weighted by molar-refractivity contribution is 7.89. The molecule has 0 heterocycles. The number of carbonyl (C=O) groups excluding carboxylic acids is 2. The van der Waals surface area contributed by atoms with Crippen LogP contribution in [0.15, 0.2) is 29.2 Å². The summed E-state index contributed by atoms with van der Waals surface area (Å²) in [6.07, 6.45) is -0.325. The van der Waals surface area contributed by atoms with Crippen molar-refractivity contribution in [2.45, 2.75) is 24.8 Å². The van der Waals surface area contributed by atoms with E-state index in [1.165, 1.54) is 31.3 Å². The molecule has 0 saturated carbocycles. The number of halogens is 1. The van der Waals surface area contributed by atoms with Crippen LogP contribution in [0.4, 0.5) is 0 Å². The van der Waals surface area contributed by atoms with Gasteiger partial charge in [-0.2, -0.15) is 4.31 Å². The van der Waals surface area contributed by atoms with Gasteiger partial charge in [-0.1, -0.05) is 11.6 Å². The maximum Gasteiger partial charge on any atom is 0.344 e. The Bertz CT molecular complexity index is 656. The molecule has 0 N–H and O–H groups in total. The van der Waals surface area contributed by atoms with Crippen molar-refractivity contribution in [3.63, 3.8) is 0 Å². The van der Waals surface area contributed by atoms with Gasteiger partial charge in [0.15, 0.2) is 6.61 Å². The van der Waals surface area contributed by atoms with Crippen LogP contribution in [0.5, 0.6) is 0 Å². The summed E-state index contributed by atoms with van der Waals surface area (Å²) in [4.78, 5) is 22.9. The largest absolute Gasteiger partial charge is 0.460 e. The Balaban J connectivity index is 2.60. The molecule has 7 nitrogen and oxygen atoms in total. The summed E-state index contributed by atoms with van der Waals surface area (Å²) < 4.78 is 34.8. The molecule has 0 radical (unpaired) electrons. The first-order valence-corrected chi connectivity index (χ1v) is 8.51. The van der Waals surface area contributed by atoms with E-state index in [0.717, 1.165) is 4.31 Å². The number of likely N-dealkylation sites (N-methyl/N-ethyl adjacent to an activating group) is 1. The zero-order chi connectivity index (χ0) is 17.6. The Labute approximate surface area is 140 Å². The first-order valence-electron chi connectivity index (χ1n) is 6.70. The van der Waals surface area contributed by atoms with Gasteiger partial charge in [0.2, 0.25) is 10.0 Å². The minimum Gasteiger partial charge on any atom is -0.460 e. The summed E-state index contributed by atoms with van der Waals surface area (Å²) in [7, 11) is -2.62. The van der Waals surface area contributed by atoms with E-state index in [1.54, 1.807) is 13.8 Å². The highest BCUT2D eigenvalue weighted by atomic mass is 35.5. The summed E-state index contributed by atoms with van der Waals surface area (Å²) >= 11 is 5.71. The number of hydrogen-bond acceptors (Lipinski definition) is 6. The van der Waals surface area contributed by atoms with Crippen molar-refractivity contribution in [1.29, 1.82) is 0 Å². The topological polar surface area (TPSA) is 90.0 Å². The standard InChI is InChI=1S/C14H18ClNO6S/c1-10(2)22-14(18)9-21-13(17)8-16(3)23(19,20)12-6-4-11(15)5-7-12/h4-7,10H,8-9H2,1-3H3. The zero-order valence-electron chi connectivity index (χ0n) is 13.0. The fourth-order valence-corrected chi connectivity index (χ4v) is 2.78. The lowest BCUT2D eigenvalue weighted by molar-refractivity contribution is -0.161. The number of esters is 2. The Morgan fingerprint density at radius 1 is 1.17 bits per heavy atom. The second-order valence-electron chi connectivity index (χ2n) is 4.91. The lowest BCUT2D eigenvalue weighted by Crippen LogP contribution is -2.34. The van der Waals surface area contributed by atoms with Crippen molar-refractivity contribution in [2.75, 3.05) is 20.2 Å². The lowest BCUT2D eigenvalue weighted by atomic mass is 10.4. The van der Waals surface area contributed by atoms with Gasteiger partial charge in [0.25, 0.3) is 0 Å². The van der Waals surface area contributed by atoms with Crippen LogP contribution in [0.3, 0.4) is 0 Å². The van der Waals surface area contributed by atoms with Gasteiger partial charge in [-0.05, 0) is 38.1 Å². The van der Waals surface area contributed by atoms with Crippen molar-refractivity contribution in [1.82, 2.24) is 4.31 Å². The quantitative estimate of drug-likeness (QED) is 0.681. The van der Waals surface area contributed by atoms with Crippen LogP contribution >= 0.6 is 11.6 Å². The Morgan fingerprint density at radius 3 is 2.26 bits per heavy atom. The van der Waals surface area contributed by atoms with Crippen molar-refractivity contribution >= 4 is 33.6 Å². The first kappa shape index (κ1) is 19.4. The van der Waals surface area contributed by atoms with E-state index in [2.05, 4.69) is 4.74 Å². The molecule has 0 bridgehead atoms. The Morgan fingerprint density at radius 2 is 1.74 bits per heavy atom. The third-order valence-corrected chi connectivity index (χ3v) is 4.66. The molecule has 0 saturated heterocycles. The van der Waals surface area contributed by atoms with Crippen molar-refractivity contribution < 1.29 is 27.5 Å². The Kier molecular flexibility index (Phi) is 6.99. The summed E-state index contributed by atoms with van der Waals surface area (Å²) in [6.45, 7) is 2.23. The summed E-state index contributed by atoms with van der Waals surface area (Å²) in [5.74, 6) is -1.55. The number of hydrogen-bond donors (Lipinski definition) is 0. The van der Waals surface area contributed by atoms with E-state index >= 15 is 0 Å². The van der Waals surface area contributed by atoms with E-state index < -0.39 is 35.1 Å². The fourth-order valence-electron chi connectivity index (χ4n) is 1.54. The average molecular weight is 364 g/mol. The minimum atomic E-state index is -3.85.